The van der Waals surface area contributed by atoms with Gasteiger partial charge in [0.25, 0.3) is 0 Å². The number of hydrogen-bond acceptors (Lipinski definition) is 5. The predicted molar refractivity (Wildman–Crippen MR) is 128 cm³/mol. The number of para-hydroxylation sites is 1. The minimum atomic E-state index is -0.0829. The van der Waals surface area contributed by atoms with Crippen molar-refractivity contribution in [1.82, 2.24) is 15.3 Å². The van der Waals surface area contributed by atoms with E-state index in [1.165, 1.54) is 6.92 Å². The third kappa shape index (κ3) is 4.94. The number of carbonyl (C=O) groups is 2. The van der Waals surface area contributed by atoms with Crippen molar-refractivity contribution >= 4 is 23.2 Å². The number of amides is 2. The second kappa shape index (κ2) is 9.44. The van der Waals surface area contributed by atoms with Gasteiger partial charge in [-0.1, -0.05) is 30.3 Å². The predicted octanol–water partition coefficient (Wildman–Crippen LogP) is 3.07. The zero-order chi connectivity index (χ0) is 22.7. The average Bonchev–Trinajstić information content (AvgIpc) is 3.10. The van der Waals surface area contributed by atoms with E-state index in [4.69, 9.17) is 0 Å². The van der Waals surface area contributed by atoms with Crippen molar-refractivity contribution in [2.24, 2.45) is 0 Å². The van der Waals surface area contributed by atoms with Gasteiger partial charge in [-0.2, -0.15) is 0 Å². The first-order chi connectivity index (χ1) is 15.4. The first-order valence-electron chi connectivity index (χ1n) is 11.1. The lowest BCUT2D eigenvalue weighted by Gasteiger charge is -2.38. The van der Waals surface area contributed by atoms with Gasteiger partial charge in [0, 0.05) is 61.8 Å². The number of carbonyl (C=O) groups excluding carboxylic acids is 2. The number of piperazine rings is 1. The normalized spacial score (nSPS) is 18.5. The van der Waals surface area contributed by atoms with Crippen molar-refractivity contribution in [3.63, 3.8) is 0 Å². The number of allylic oxidation sites excluding steroid dienone is 1. The van der Waals surface area contributed by atoms with Gasteiger partial charge in [-0.05, 0) is 43.7 Å². The third-order valence-corrected chi connectivity index (χ3v) is 5.94. The minimum Gasteiger partial charge on any atom is -0.367 e. The van der Waals surface area contributed by atoms with Crippen LogP contribution in [0.5, 0.6) is 0 Å². The number of nitrogens with zero attached hydrogens (tertiary/aromatic N) is 3. The van der Waals surface area contributed by atoms with Crippen LogP contribution in [0.2, 0.25) is 0 Å². The summed E-state index contributed by atoms with van der Waals surface area (Å²) in [4.78, 5) is 28.6. The highest BCUT2D eigenvalue weighted by Gasteiger charge is 2.26. The molecule has 4 rings (SSSR count). The van der Waals surface area contributed by atoms with Crippen molar-refractivity contribution in [1.29, 1.82) is 0 Å². The van der Waals surface area contributed by atoms with Crippen molar-refractivity contribution in [3.8, 4) is 11.1 Å². The molecule has 0 spiro atoms. The second-order valence-corrected chi connectivity index (χ2v) is 8.46. The van der Waals surface area contributed by atoms with Gasteiger partial charge in [0.05, 0.1) is 0 Å². The van der Waals surface area contributed by atoms with Gasteiger partial charge < -0.3 is 20.1 Å². The first-order valence-corrected chi connectivity index (χ1v) is 11.1. The van der Waals surface area contributed by atoms with E-state index in [1.807, 2.05) is 47.2 Å². The second-order valence-electron chi connectivity index (χ2n) is 8.46. The molecule has 0 saturated carbocycles. The summed E-state index contributed by atoms with van der Waals surface area (Å²) in [5.41, 5.74) is 8.52. The molecule has 2 amide bonds. The highest BCUT2D eigenvalue weighted by atomic mass is 16.2. The molecule has 7 nitrogen and oxygen atoms in total. The molecule has 1 unspecified atom stereocenters. The molecule has 2 aromatic rings. The lowest BCUT2D eigenvalue weighted by atomic mass is 10.0. The zero-order valence-electron chi connectivity index (χ0n) is 19.0. The summed E-state index contributed by atoms with van der Waals surface area (Å²) in [6.07, 6.45) is 2.13. The molecule has 2 aliphatic heterocycles. The Morgan fingerprint density at radius 3 is 2.50 bits per heavy atom. The maximum Gasteiger partial charge on any atom is 0.243 e. The fourth-order valence-electron chi connectivity index (χ4n) is 4.40. The van der Waals surface area contributed by atoms with Crippen LogP contribution in [-0.2, 0) is 9.59 Å². The molecule has 168 valence electrons. The molecule has 0 aliphatic carbocycles. The van der Waals surface area contributed by atoms with Gasteiger partial charge in [-0.15, -0.1) is 0 Å². The van der Waals surface area contributed by atoms with E-state index in [1.54, 1.807) is 0 Å². The van der Waals surface area contributed by atoms with Crippen LogP contribution < -0.4 is 15.6 Å². The molecule has 0 bridgehead atoms. The van der Waals surface area contributed by atoms with Crippen LogP contribution in [0.25, 0.3) is 11.1 Å². The maximum atomic E-state index is 12.8. The lowest BCUT2D eigenvalue weighted by molar-refractivity contribution is -0.132. The van der Waals surface area contributed by atoms with Gasteiger partial charge in [0.1, 0.15) is 6.54 Å². The summed E-state index contributed by atoms with van der Waals surface area (Å²) in [6.45, 7) is 8.95. The molecule has 1 fully saturated rings. The van der Waals surface area contributed by atoms with Gasteiger partial charge in [0.2, 0.25) is 11.8 Å². The molecule has 2 aromatic carbocycles. The van der Waals surface area contributed by atoms with Gasteiger partial charge in [-0.3, -0.25) is 9.59 Å². The highest BCUT2D eigenvalue weighted by molar-refractivity contribution is 5.90. The molecular weight excluding hydrogens is 402 g/mol. The number of nitrogens with one attached hydrogen (secondary N) is 2. The number of hydrazine groups is 1. The fourth-order valence-corrected chi connectivity index (χ4v) is 4.40. The summed E-state index contributed by atoms with van der Waals surface area (Å²) >= 11 is 0. The molecule has 2 aliphatic rings. The molecule has 0 radical (unpaired) electrons. The van der Waals surface area contributed by atoms with Gasteiger partial charge in [0.15, 0.2) is 0 Å². The number of anilines is 2. The Kier molecular flexibility index (Phi) is 6.46. The molecule has 0 aromatic heterocycles. The van der Waals surface area contributed by atoms with E-state index in [0.29, 0.717) is 19.6 Å². The molecule has 7 heteroatoms. The average molecular weight is 434 g/mol. The van der Waals surface area contributed by atoms with Crippen molar-refractivity contribution in [2.75, 3.05) is 42.9 Å². The summed E-state index contributed by atoms with van der Waals surface area (Å²) in [5.74, 6) is 0.0655. The van der Waals surface area contributed by atoms with Crippen LogP contribution >= 0.6 is 0 Å². The van der Waals surface area contributed by atoms with Crippen LogP contribution in [0.3, 0.4) is 0 Å². The zero-order valence-corrected chi connectivity index (χ0v) is 19.0. The van der Waals surface area contributed by atoms with E-state index in [9.17, 15) is 9.59 Å². The Balaban J connectivity index is 1.43. The molecule has 32 heavy (non-hydrogen) atoms. The van der Waals surface area contributed by atoms with Crippen LogP contribution in [0, 0.1) is 0 Å². The minimum absolute atomic E-state index is 0.0829. The number of benzene rings is 2. The first kappa shape index (κ1) is 21.9. The maximum absolute atomic E-state index is 12.8. The summed E-state index contributed by atoms with van der Waals surface area (Å²) in [7, 11) is 0. The van der Waals surface area contributed by atoms with Crippen molar-refractivity contribution in [2.45, 2.75) is 26.8 Å². The Bertz CT molecular complexity index is 1030. The van der Waals surface area contributed by atoms with Crippen molar-refractivity contribution in [3.05, 3.63) is 60.3 Å². The van der Waals surface area contributed by atoms with Crippen LogP contribution in [-0.4, -0.2) is 60.5 Å². The number of hydrogen-bond donors (Lipinski definition) is 2. The Morgan fingerprint density at radius 1 is 1.06 bits per heavy atom. The molecule has 1 atom stereocenters. The van der Waals surface area contributed by atoms with Crippen LogP contribution in [0.4, 0.5) is 11.4 Å². The third-order valence-electron chi connectivity index (χ3n) is 5.94. The molecular formula is C25H31N5O2. The summed E-state index contributed by atoms with van der Waals surface area (Å²) in [5, 5.41) is 4.80. The van der Waals surface area contributed by atoms with Gasteiger partial charge in [-0.25, -0.2) is 5.43 Å². The van der Waals surface area contributed by atoms with E-state index < -0.39 is 0 Å². The standard InChI is InChI=1S/C25H31N5O2/c1-18-15-19(2)30(27-18)17-25(32)29-13-11-28(12-14-29)24-10-5-4-9-23(24)21-7-6-8-22(16-21)26-20(3)31/h4-10,15-16,18,27H,11-14,17H2,1-3H3,(H,26,31). The SMILES string of the molecule is CC(=O)Nc1cccc(-c2ccccc2N2CCN(C(=O)CN3NC(C)C=C3C)CC2)c1. The summed E-state index contributed by atoms with van der Waals surface area (Å²) < 4.78 is 0. The molecule has 2 N–H and O–H groups in total. The monoisotopic (exact) mass is 433 g/mol. The number of rotatable bonds is 5. The Labute approximate surface area is 189 Å². The Morgan fingerprint density at radius 2 is 1.81 bits per heavy atom. The highest BCUT2D eigenvalue weighted by Crippen LogP contribution is 2.32. The van der Waals surface area contributed by atoms with E-state index >= 15 is 0 Å². The van der Waals surface area contributed by atoms with E-state index in [2.05, 4.69) is 46.8 Å². The van der Waals surface area contributed by atoms with Crippen LogP contribution in [0.1, 0.15) is 20.8 Å². The van der Waals surface area contributed by atoms with E-state index in [-0.39, 0.29) is 17.9 Å². The Hall–Kier alpha value is -3.32. The fraction of sp³-hybridized carbons (Fsp3) is 0.360. The van der Waals surface area contributed by atoms with Crippen LogP contribution in [0.15, 0.2) is 60.3 Å². The van der Waals surface area contributed by atoms with Crippen molar-refractivity contribution < 1.29 is 9.59 Å². The lowest BCUT2D eigenvalue weighted by Crippen LogP contribution is -2.52. The quantitative estimate of drug-likeness (QED) is 0.759. The molecule has 2 heterocycles. The smallest absolute Gasteiger partial charge is 0.243 e. The topological polar surface area (TPSA) is 67.9 Å². The largest absolute Gasteiger partial charge is 0.367 e. The van der Waals surface area contributed by atoms with E-state index in [0.717, 1.165) is 41.3 Å². The summed E-state index contributed by atoms with van der Waals surface area (Å²) in [6, 6.07) is 16.5. The van der Waals surface area contributed by atoms with Gasteiger partial charge >= 0.3 is 0 Å². The molecule has 1 saturated heterocycles.